The lowest BCUT2D eigenvalue weighted by Gasteiger charge is -2.20. The zero-order valence-corrected chi connectivity index (χ0v) is 16.7. The van der Waals surface area contributed by atoms with E-state index in [-0.39, 0.29) is 53.9 Å². The number of imidazole rings is 1. The number of esters is 2. The van der Waals surface area contributed by atoms with Crippen LogP contribution in [0.1, 0.15) is 40.3 Å². The lowest BCUT2D eigenvalue weighted by atomic mass is 10.1. The van der Waals surface area contributed by atoms with Crippen molar-refractivity contribution in [2.75, 3.05) is 12.3 Å². The minimum absolute atomic E-state index is 0.0487. The molecule has 1 fully saturated rings. The molecule has 3 rings (SSSR count). The van der Waals surface area contributed by atoms with E-state index in [0.717, 1.165) is 0 Å². The molecule has 11 heteroatoms. The molecule has 3 heterocycles. The van der Waals surface area contributed by atoms with Gasteiger partial charge in [0.15, 0.2) is 11.2 Å². The van der Waals surface area contributed by atoms with Gasteiger partial charge in [0.2, 0.25) is 5.95 Å². The van der Waals surface area contributed by atoms with Crippen LogP contribution in [0, 0.1) is 11.8 Å². The van der Waals surface area contributed by atoms with Gasteiger partial charge in [-0.2, -0.15) is 4.98 Å². The second kappa shape index (κ2) is 8.19. The number of rotatable bonds is 6. The second-order valence-electron chi connectivity index (χ2n) is 7.55. The highest BCUT2D eigenvalue weighted by atomic mass is 16.6. The van der Waals surface area contributed by atoms with Crippen LogP contribution in [-0.4, -0.2) is 50.3 Å². The fraction of sp³-hybridized carbons (Fsp3) is 0.611. The van der Waals surface area contributed by atoms with Crippen molar-refractivity contribution in [2.24, 2.45) is 11.8 Å². The molecule has 0 radical (unpaired) electrons. The molecule has 1 unspecified atom stereocenters. The summed E-state index contributed by atoms with van der Waals surface area (Å²) in [5.41, 5.74) is 5.55. The van der Waals surface area contributed by atoms with Gasteiger partial charge in [-0.05, 0) is 0 Å². The van der Waals surface area contributed by atoms with Gasteiger partial charge < -0.3 is 19.9 Å². The van der Waals surface area contributed by atoms with E-state index in [0.29, 0.717) is 0 Å². The molecule has 2 aromatic rings. The number of aromatic nitrogens is 4. The van der Waals surface area contributed by atoms with Crippen LogP contribution in [0.3, 0.4) is 0 Å². The summed E-state index contributed by atoms with van der Waals surface area (Å²) in [4.78, 5) is 46.5. The van der Waals surface area contributed by atoms with Crippen LogP contribution in [0.2, 0.25) is 0 Å². The zero-order valence-electron chi connectivity index (χ0n) is 16.7. The van der Waals surface area contributed by atoms with Crippen LogP contribution in [-0.2, 0) is 23.8 Å². The molecule has 0 aliphatic carbocycles. The summed E-state index contributed by atoms with van der Waals surface area (Å²) in [7, 11) is 0. The number of hydrogen-bond donors (Lipinski definition) is 2. The van der Waals surface area contributed by atoms with E-state index in [2.05, 4.69) is 15.0 Å². The van der Waals surface area contributed by atoms with Gasteiger partial charge in [-0.15, -0.1) is 0 Å². The van der Waals surface area contributed by atoms with Crippen LogP contribution in [0.5, 0.6) is 0 Å². The van der Waals surface area contributed by atoms with Gasteiger partial charge in [0, 0.05) is 6.42 Å². The standard InChI is InChI=1S/C18H25N5O6/c1-8(2)16(25)27-6-11-10(29-17(26)9(3)4)5-12(28-11)23-7-20-13-14(23)21-18(19)22-15(13)24/h7-12H,5-6H2,1-4H3,(H3,19,21,22,24)/t10?,11-,12-/m1/s1. The van der Waals surface area contributed by atoms with Crippen LogP contribution in [0.25, 0.3) is 11.2 Å². The van der Waals surface area contributed by atoms with Crippen molar-refractivity contribution >= 4 is 29.1 Å². The Balaban J connectivity index is 1.84. The first-order valence-electron chi connectivity index (χ1n) is 9.42. The van der Waals surface area contributed by atoms with Gasteiger partial charge in [0.05, 0.1) is 18.2 Å². The molecule has 1 aliphatic rings. The van der Waals surface area contributed by atoms with E-state index >= 15 is 0 Å². The molecule has 0 saturated carbocycles. The summed E-state index contributed by atoms with van der Waals surface area (Å²) in [6.45, 7) is 6.84. The zero-order chi connectivity index (χ0) is 21.3. The SMILES string of the molecule is CC(C)C(=O)OC[C@H]1O[C@@H](n2cnc3c(=O)[nH]c(N)nc32)CC1OC(=O)C(C)C. The summed E-state index contributed by atoms with van der Waals surface area (Å²) >= 11 is 0. The molecule has 11 nitrogen and oxygen atoms in total. The smallest absolute Gasteiger partial charge is 0.308 e. The lowest BCUT2D eigenvalue weighted by molar-refractivity contribution is -0.162. The number of carbonyl (C=O) groups excluding carboxylic acids is 2. The predicted octanol–water partition coefficient (Wildman–Crippen LogP) is 0.756. The third-order valence-electron chi connectivity index (χ3n) is 4.54. The molecular formula is C18H25N5O6. The highest BCUT2D eigenvalue weighted by molar-refractivity contribution is 5.72. The molecule has 3 atom stereocenters. The van der Waals surface area contributed by atoms with Crippen molar-refractivity contribution in [3.05, 3.63) is 16.7 Å². The highest BCUT2D eigenvalue weighted by Gasteiger charge is 2.40. The van der Waals surface area contributed by atoms with E-state index in [1.165, 1.54) is 6.33 Å². The van der Waals surface area contributed by atoms with Crippen molar-refractivity contribution in [1.82, 2.24) is 19.5 Å². The molecule has 3 N–H and O–H groups in total. The fourth-order valence-corrected chi connectivity index (χ4v) is 2.92. The molecule has 158 valence electrons. The number of hydrogen-bond acceptors (Lipinski definition) is 9. The average molecular weight is 407 g/mol. The molecule has 0 amide bonds. The first-order valence-corrected chi connectivity index (χ1v) is 9.42. The topological polar surface area (TPSA) is 151 Å². The number of nitrogen functional groups attached to an aromatic ring is 1. The molecule has 0 aromatic carbocycles. The molecule has 2 aromatic heterocycles. The Kier molecular flexibility index (Phi) is 5.87. The van der Waals surface area contributed by atoms with E-state index in [4.69, 9.17) is 19.9 Å². The van der Waals surface area contributed by atoms with Crippen LogP contribution >= 0.6 is 0 Å². The lowest BCUT2D eigenvalue weighted by Crippen LogP contribution is -2.33. The Hall–Kier alpha value is -2.95. The molecular weight excluding hydrogens is 382 g/mol. The summed E-state index contributed by atoms with van der Waals surface area (Å²) in [6.07, 6.45) is -0.224. The van der Waals surface area contributed by atoms with Crippen molar-refractivity contribution < 1.29 is 23.8 Å². The first kappa shape index (κ1) is 20.8. The van der Waals surface area contributed by atoms with Crippen LogP contribution in [0.15, 0.2) is 11.1 Å². The number of nitrogens with one attached hydrogen (secondary N) is 1. The summed E-state index contributed by atoms with van der Waals surface area (Å²) in [5, 5.41) is 0. The molecule has 0 spiro atoms. The van der Waals surface area contributed by atoms with Crippen molar-refractivity contribution in [3.63, 3.8) is 0 Å². The maximum Gasteiger partial charge on any atom is 0.308 e. The minimum Gasteiger partial charge on any atom is -0.463 e. The number of nitrogens with two attached hydrogens (primary N) is 1. The van der Waals surface area contributed by atoms with Gasteiger partial charge in [0.1, 0.15) is 25.0 Å². The van der Waals surface area contributed by atoms with Gasteiger partial charge >= 0.3 is 11.9 Å². The Morgan fingerprint density at radius 2 is 2.00 bits per heavy atom. The Labute approximate surface area is 166 Å². The largest absolute Gasteiger partial charge is 0.463 e. The monoisotopic (exact) mass is 407 g/mol. The fourth-order valence-electron chi connectivity index (χ4n) is 2.92. The van der Waals surface area contributed by atoms with Gasteiger partial charge in [-0.25, -0.2) is 4.98 Å². The number of aromatic amines is 1. The van der Waals surface area contributed by atoms with E-state index < -0.39 is 24.0 Å². The van der Waals surface area contributed by atoms with E-state index in [1.54, 1.807) is 32.3 Å². The molecule has 1 saturated heterocycles. The molecule has 29 heavy (non-hydrogen) atoms. The Bertz CT molecular complexity index is 965. The number of carbonyl (C=O) groups is 2. The second-order valence-corrected chi connectivity index (χ2v) is 7.55. The summed E-state index contributed by atoms with van der Waals surface area (Å²) in [6, 6.07) is 0. The molecule has 1 aliphatic heterocycles. The Morgan fingerprint density at radius 3 is 2.66 bits per heavy atom. The third-order valence-corrected chi connectivity index (χ3v) is 4.54. The maximum absolute atomic E-state index is 12.1. The van der Waals surface area contributed by atoms with Crippen LogP contribution in [0.4, 0.5) is 5.95 Å². The Morgan fingerprint density at radius 1 is 1.31 bits per heavy atom. The van der Waals surface area contributed by atoms with Crippen molar-refractivity contribution in [2.45, 2.75) is 52.6 Å². The maximum atomic E-state index is 12.1. The summed E-state index contributed by atoms with van der Waals surface area (Å²) in [5.74, 6) is -1.41. The van der Waals surface area contributed by atoms with Crippen molar-refractivity contribution in [1.29, 1.82) is 0 Å². The number of fused-ring (bicyclic) bond motifs is 1. The third kappa shape index (κ3) is 4.39. The quantitative estimate of drug-likeness (QED) is 0.661. The highest BCUT2D eigenvalue weighted by Crippen LogP contribution is 2.33. The number of H-pyrrole nitrogens is 1. The summed E-state index contributed by atoms with van der Waals surface area (Å²) < 4.78 is 18.4. The number of nitrogens with zero attached hydrogens (tertiary/aromatic N) is 3. The number of ether oxygens (including phenoxy) is 3. The normalized spacial score (nSPS) is 21.8. The molecule has 0 bridgehead atoms. The predicted molar refractivity (Wildman–Crippen MR) is 102 cm³/mol. The van der Waals surface area contributed by atoms with Gasteiger partial charge in [-0.1, -0.05) is 27.7 Å². The minimum atomic E-state index is -0.665. The van der Waals surface area contributed by atoms with E-state index in [9.17, 15) is 14.4 Å². The first-order chi connectivity index (χ1) is 13.7. The van der Waals surface area contributed by atoms with Crippen LogP contribution < -0.4 is 11.3 Å². The average Bonchev–Trinajstić information content (AvgIpc) is 3.23. The number of anilines is 1. The van der Waals surface area contributed by atoms with Gasteiger partial charge in [0.25, 0.3) is 5.56 Å². The van der Waals surface area contributed by atoms with Crippen molar-refractivity contribution in [3.8, 4) is 0 Å². The van der Waals surface area contributed by atoms with E-state index in [1.807, 2.05) is 0 Å². The van der Waals surface area contributed by atoms with Gasteiger partial charge in [-0.3, -0.25) is 23.9 Å².